The zero-order valence-electron chi connectivity index (χ0n) is 13.7. The van der Waals surface area contributed by atoms with Crippen LogP contribution in [0.25, 0.3) is 11.0 Å². The van der Waals surface area contributed by atoms with Crippen molar-refractivity contribution in [1.29, 1.82) is 0 Å². The average molecular weight is 367 g/mol. The maximum Gasteiger partial charge on any atom is 0.416 e. The van der Waals surface area contributed by atoms with E-state index in [1.807, 2.05) is 0 Å². The quantitative estimate of drug-likeness (QED) is 0.701. The topological polar surface area (TPSA) is 58.4 Å². The van der Waals surface area contributed by atoms with E-state index in [-0.39, 0.29) is 5.82 Å². The Morgan fingerprint density at radius 3 is 2.58 bits per heavy atom. The van der Waals surface area contributed by atoms with Crippen molar-refractivity contribution in [3.8, 4) is 0 Å². The summed E-state index contributed by atoms with van der Waals surface area (Å²) in [5.41, 5.74) is -0.645. The highest BCUT2D eigenvalue weighted by Gasteiger charge is 2.32. The van der Waals surface area contributed by atoms with Gasteiger partial charge in [0.15, 0.2) is 11.4 Å². The van der Waals surface area contributed by atoms with Crippen molar-refractivity contribution >= 4 is 28.4 Å². The van der Waals surface area contributed by atoms with Crippen LogP contribution in [-0.2, 0) is 6.18 Å². The Balaban J connectivity index is 1.99. The van der Waals surface area contributed by atoms with Crippen LogP contribution in [0.4, 0.5) is 29.1 Å². The molecule has 0 atom stereocenters. The van der Waals surface area contributed by atoms with E-state index in [2.05, 4.69) is 10.5 Å². The van der Waals surface area contributed by atoms with E-state index in [9.17, 15) is 22.4 Å². The summed E-state index contributed by atoms with van der Waals surface area (Å²) >= 11 is 0. The van der Waals surface area contributed by atoms with Crippen molar-refractivity contribution in [1.82, 2.24) is 5.16 Å². The number of carbonyl (C=O) groups excluding carboxylic acids is 1. The number of nitrogens with one attached hydrogen (secondary N) is 1. The molecule has 0 radical (unpaired) electrons. The Morgan fingerprint density at radius 1 is 1.19 bits per heavy atom. The van der Waals surface area contributed by atoms with Crippen LogP contribution in [0.3, 0.4) is 0 Å². The molecule has 0 fully saturated rings. The molecule has 0 unspecified atom stereocenters. The fourth-order valence-electron chi connectivity index (χ4n) is 2.50. The van der Waals surface area contributed by atoms with Crippen LogP contribution in [0, 0.1) is 5.82 Å². The predicted molar refractivity (Wildman–Crippen MR) is 87.7 cm³/mol. The predicted octanol–water partition coefficient (Wildman–Crippen LogP) is 4.30. The highest BCUT2D eigenvalue weighted by molar-refractivity contribution is 6.10. The van der Waals surface area contributed by atoms with Crippen LogP contribution in [0.2, 0.25) is 0 Å². The molecule has 0 aliphatic heterocycles. The summed E-state index contributed by atoms with van der Waals surface area (Å²) in [5.74, 6) is -2.06. The number of halogens is 4. The molecule has 2 aromatic carbocycles. The molecule has 1 heterocycles. The zero-order chi connectivity index (χ0) is 19.1. The molecule has 5 nitrogen and oxygen atoms in total. The molecule has 136 valence electrons. The van der Waals surface area contributed by atoms with Crippen LogP contribution < -0.4 is 10.2 Å². The SMILES string of the molecule is CN(C)c1cccc2onc(NC(=O)c3cc(F)cc(C(F)(F)F)c3)c12. The van der Waals surface area contributed by atoms with Gasteiger partial charge < -0.3 is 14.7 Å². The summed E-state index contributed by atoms with van der Waals surface area (Å²) in [5, 5.41) is 6.61. The number of alkyl halides is 3. The van der Waals surface area contributed by atoms with Gasteiger partial charge in [-0.15, -0.1) is 0 Å². The summed E-state index contributed by atoms with van der Waals surface area (Å²) in [6.45, 7) is 0. The number of aromatic nitrogens is 1. The summed E-state index contributed by atoms with van der Waals surface area (Å²) < 4.78 is 57.1. The first kappa shape index (κ1) is 17.7. The van der Waals surface area contributed by atoms with Gasteiger partial charge in [0, 0.05) is 19.7 Å². The van der Waals surface area contributed by atoms with Gasteiger partial charge in [-0.25, -0.2) is 4.39 Å². The first-order valence-corrected chi connectivity index (χ1v) is 7.41. The average Bonchev–Trinajstić information content (AvgIpc) is 2.96. The normalized spacial score (nSPS) is 11.6. The van der Waals surface area contributed by atoms with E-state index in [1.54, 1.807) is 37.2 Å². The van der Waals surface area contributed by atoms with Gasteiger partial charge in [-0.2, -0.15) is 13.2 Å². The van der Waals surface area contributed by atoms with E-state index in [4.69, 9.17) is 4.52 Å². The van der Waals surface area contributed by atoms with Crippen molar-refractivity contribution in [2.45, 2.75) is 6.18 Å². The largest absolute Gasteiger partial charge is 0.416 e. The van der Waals surface area contributed by atoms with Crippen LogP contribution in [0.15, 0.2) is 40.9 Å². The molecule has 0 saturated carbocycles. The third kappa shape index (κ3) is 3.32. The molecule has 1 N–H and O–H groups in total. The maximum atomic E-state index is 13.5. The van der Waals surface area contributed by atoms with E-state index < -0.39 is 29.0 Å². The van der Waals surface area contributed by atoms with Gasteiger partial charge >= 0.3 is 6.18 Å². The lowest BCUT2D eigenvalue weighted by atomic mass is 10.1. The molecular weight excluding hydrogens is 354 g/mol. The van der Waals surface area contributed by atoms with Crippen molar-refractivity contribution in [2.75, 3.05) is 24.3 Å². The second kappa shape index (κ2) is 6.32. The smallest absolute Gasteiger partial charge is 0.377 e. The van der Waals surface area contributed by atoms with E-state index in [0.29, 0.717) is 28.8 Å². The molecule has 3 rings (SSSR count). The minimum atomic E-state index is -4.77. The van der Waals surface area contributed by atoms with E-state index in [0.717, 1.165) is 6.07 Å². The number of hydrogen-bond donors (Lipinski definition) is 1. The van der Waals surface area contributed by atoms with Crippen molar-refractivity contribution in [2.24, 2.45) is 0 Å². The Labute approximate surface area is 145 Å². The molecule has 0 bridgehead atoms. The summed E-state index contributed by atoms with van der Waals surface area (Å²) in [7, 11) is 3.55. The van der Waals surface area contributed by atoms with Crippen LogP contribution in [0.1, 0.15) is 15.9 Å². The molecule has 1 amide bonds. The molecule has 26 heavy (non-hydrogen) atoms. The highest BCUT2D eigenvalue weighted by Crippen LogP contribution is 2.33. The molecule has 3 aromatic rings. The minimum absolute atomic E-state index is 0.0344. The number of rotatable bonds is 3. The lowest BCUT2D eigenvalue weighted by Gasteiger charge is -2.14. The third-order valence-electron chi connectivity index (χ3n) is 3.68. The first-order valence-electron chi connectivity index (χ1n) is 7.41. The number of carbonyl (C=O) groups is 1. The molecule has 1 aromatic heterocycles. The Hall–Kier alpha value is -3.10. The molecule has 9 heteroatoms. The monoisotopic (exact) mass is 367 g/mol. The second-order valence-corrected chi connectivity index (χ2v) is 5.76. The maximum absolute atomic E-state index is 13.5. The fraction of sp³-hybridized carbons (Fsp3) is 0.176. The van der Waals surface area contributed by atoms with Crippen LogP contribution in [0.5, 0.6) is 0 Å². The lowest BCUT2D eigenvalue weighted by molar-refractivity contribution is -0.137. The van der Waals surface area contributed by atoms with Crippen molar-refractivity contribution in [3.63, 3.8) is 0 Å². The highest BCUT2D eigenvalue weighted by atomic mass is 19.4. The Morgan fingerprint density at radius 2 is 1.92 bits per heavy atom. The van der Waals surface area contributed by atoms with Crippen molar-refractivity contribution in [3.05, 3.63) is 53.3 Å². The summed E-state index contributed by atoms with van der Waals surface area (Å²) in [6.07, 6.45) is -4.77. The molecule has 0 aliphatic carbocycles. The molecule has 0 saturated heterocycles. The number of nitrogens with zero attached hydrogens (tertiary/aromatic N) is 2. The van der Waals surface area contributed by atoms with E-state index in [1.165, 1.54) is 0 Å². The van der Waals surface area contributed by atoms with Gasteiger partial charge in [0.2, 0.25) is 0 Å². The van der Waals surface area contributed by atoms with Gasteiger partial charge in [0.05, 0.1) is 16.6 Å². The fourth-order valence-corrected chi connectivity index (χ4v) is 2.50. The van der Waals surface area contributed by atoms with Gasteiger partial charge in [0.1, 0.15) is 5.82 Å². The first-order chi connectivity index (χ1) is 12.2. The molecule has 0 aliphatic rings. The number of anilines is 2. The van der Waals surface area contributed by atoms with E-state index >= 15 is 0 Å². The Kier molecular flexibility index (Phi) is 4.31. The molecular formula is C17H13F4N3O2. The number of hydrogen-bond acceptors (Lipinski definition) is 4. The standard InChI is InChI=1S/C17H13F4N3O2/c1-24(2)12-4-3-5-13-14(12)15(23-26-13)22-16(25)9-6-10(17(19,20)21)8-11(18)7-9/h3-8H,1-2H3,(H,22,23,25). The minimum Gasteiger partial charge on any atom is -0.377 e. The van der Waals surface area contributed by atoms with Gasteiger partial charge in [-0.05, 0) is 30.3 Å². The van der Waals surface area contributed by atoms with Crippen molar-refractivity contribution < 1.29 is 26.9 Å². The van der Waals surface area contributed by atoms with Crippen LogP contribution in [-0.4, -0.2) is 25.2 Å². The second-order valence-electron chi connectivity index (χ2n) is 5.76. The van der Waals surface area contributed by atoms with Gasteiger partial charge in [-0.1, -0.05) is 11.2 Å². The lowest BCUT2D eigenvalue weighted by Crippen LogP contribution is -2.16. The Bertz CT molecular complexity index is 980. The number of fused-ring (bicyclic) bond motifs is 1. The number of amides is 1. The zero-order valence-corrected chi connectivity index (χ0v) is 13.7. The summed E-state index contributed by atoms with van der Waals surface area (Å²) in [4.78, 5) is 14.1. The summed E-state index contributed by atoms with van der Waals surface area (Å²) in [6, 6.07) is 6.75. The van der Waals surface area contributed by atoms with Gasteiger partial charge in [-0.3, -0.25) is 4.79 Å². The molecule has 0 spiro atoms. The number of benzene rings is 2. The third-order valence-corrected chi connectivity index (χ3v) is 3.68. The van der Waals surface area contributed by atoms with Crippen LogP contribution >= 0.6 is 0 Å². The van der Waals surface area contributed by atoms with Gasteiger partial charge in [0.25, 0.3) is 5.91 Å².